The number of fused-ring (bicyclic) bond motifs is 1. The predicted octanol–water partition coefficient (Wildman–Crippen LogP) is 4.41. The van der Waals surface area contributed by atoms with Crippen molar-refractivity contribution in [2.75, 3.05) is 0 Å². The van der Waals surface area contributed by atoms with Gasteiger partial charge in [-0.3, -0.25) is 4.79 Å². The third-order valence-corrected chi connectivity index (χ3v) is 10.1. The monoisotopic (exact) mass is 347 g/mol. The van der Waals surface area contributed by atoms with E-state index in [2.05, 4.69) is 23.4 Å². The minimum atomic E-state index is -0.968. The summed E-state index contributed by atoms with van der Waals surface area (Å²) in [6.45, 7) is 6.95. The smallest absolute Gasteiger partial charge is 0.268 e. The third kappa shape index (κ3) is 2.98. The Morgan fingerprint density at radius 1 is 1.26 bits per heavy atom. The minimum Gasteiger partial charge on any atom is -0.348 e. The number of aromatic amines is 1. The second-order valence-corrected chi connectivity index (χ2v) is 14.4. The van der Waals surface area contributed by atoms with Crippen LogP contribution in [0.5, 0.6) is 0 Å². The largest absolute Gasteiger partial charge is 0.348 e. The normalized spacial score (nSPS) is 21.7. The molecule has 1 saturated heterocycles. The fourth-order valence-corrected chi connectivity index (χ4v) is 7.24. The Morgan fingerprint density at radius 3 is 2.57 bits per heavy atom. The Labute approximate surface area is 142 Å². The van der Waals surface area contributed by atoms with Crippen LogP contribution in [0.25, 0.3) is 10.3 Å². The predicted molar refractivity (Wildman–Crippen MR) is 98.3 cm³/mol. The first-order valence-electron chi connectivity index (χ1n) is 8.73. The van der Waals surface area contributed by atoms with Crippen molar-refractivity contribution in [3.05, 3.63) is 16.3 Å². The van der Waals surface area contributed by atoms with Crippen LogP contribution in [0.3, 0.4) is 0 Å². The van der Waals surface area contributed by atoms with Gasteiger partial charge in [0, 0.05) is 20.0 Å². The van der Waals surface area contributed by atoms with Crippen LogP contribution < -0.4 is 5.32 Å². The van der Waals surface area contributed by atoms with Gasteiger partial charge in [-0.2, -0.15) is 0 Å². The molecule has 2 aromatic heterocycles. The van der Waals surface area contributed by atoms with Gasteiger partial charge in [-0.05, 0) is 38.2 Å². The van der Waals surface area contributed by atoms with E-state index in [0.717, 1.165) is 28.8 Å². The molecule has 1 aliphatic heterocycles. The molecule has 2 aliphatic rings. The highest BCUT2D eigenvalue weighted by Gasteiger charge is 2.31. The average Bonchev–Trinajstić information content (AvgIpc) is 3.19. The van der Waals surface area contributed by atoms with Gasteiger partial charge < -0.3 is 10.3 Å². The Morgan fingerprint density at radius 2 is 1.96 bits per heavy atom. The molecule has 0 bridgehead atoms. The maximum Gasteiger partial charge on any atom is 0.268 e. The number of thiazole rings is 1. The first-order valence-corrected chi connectivity index (χ1v) is 13.0. The van der Waals surface area contributed by atoms with E-state index in [4.69, 9.17) is 4.98 Å². The number of rotatable bonds is 3. The summed E-state index contributed by atoms with van der Waals surface area (Å²) in [5, 5.41) is 4.48. The Hall–Kier alpha value is -1.14. The summed E-state index contributed by atoms with van der Waals surface area (Å²) in [7, 11) is -0.968. The Balaban J connectivity index is 1.49. The number of hydrogen-bond acceptors (Lipinski definition) is 3. The van der Waals surface area contributed by atoms with Crippen molar-refractivity contribution >= 4 is 35.7 Å². The van der Waals surface area contributed by atoms with E-state index >= 15 is 0 Å². The summed E-state index contributed by atoms with van der Waals surface area (Å²) >= 11 is 1.76. The molecule has 23 heavy (non-hydrogen) atoms. The number of amides is 1. The number of carbonyl (C=O) groups excluding carboxylic acids is 1. The fourth-order valence-electron chi connectivity index (χ4n) is 3.53. The van der Waals surface area contributed by atoms with Gasteiger partial charge in [0.15, 0.2) is 0 Å². The lowest BCUT2D eigenvalue weighted by Crippen LogP contribution is -2.42. The van der Waals surface area contributed by atoms with Crippen molar-refractivity contribution in [2.24, 2.45) is 0 Å². The highest BCUT2D eigenvalue weighted by molar-refractivity contribution is 7.18. The highest BCUT2D eigenvalue weighted by atomic mass is 32.1. The standard InChI is InChI=1S/C17H25N3OSSi/c1-10-13(16(21)18-12-6-8-23(2,3)9-7-12)19-15-14(10)22-17(20-15)11-4-5-11/h11-12,19H,4-9H2,1-3H3,(H,18,21). The molecule has 1 saturated carbocycles. The molecule has 0 radical (unpaired) electrons. The molecule has 6 heteroatoms. The van der Waals surface area contributed by atoms with Crippen LogP contribution in [0.15, 0.2) is 0 Å². The quantitative estimate of drug-likeness (QED) is 0.808. The molecule has 2 aromatic rings. The van der Waals surface area contributed by atoms with Crippen molar-refractivity contribution < 1.29 is 4.79 Å². The lowest BCUT2D eigenvalue weighted by molar-refractivity contribution is 0.0929. The van der Waals surface area contributed by atoms with Gasteiger partial charge in [0.05, 0.1) is 9.71 Å². The van der Waals surface area contributed by atoms with Crippen molar-refractivity contribution in [3.8, 4) is 0 Å². The Bertz CT molecular complexity index is 749. The van der Waals surface area contributed by atoms with Gasteiger partial charge in [0.2, 0.25) is 0 Å². The van der Waals surface area contributed by atoms with Crippen LogP contribution in [0.4, 0.5) is 0 Å². The molecule has 2 fully saturated rings. The maximum absolute atomic E-state index is 12.6. The van der Waals surface area contributed by atoms with E-state index in [1.807, 2.05) is 6.92 Å². The number of hydrogen-bond donors (Lipinski definition) is 2. The molecular formula is C17H25N3OSSi. The van der Waals surface area contributed by atoms with E-state index in [1.54, 1.807) is 11.3 Å². The van der Waals surface area contributed by atoms with Gasteiger partial charge in [-0.25, -0.2) is 4.98 Å². The summed E-state index contributed by atoms with van der Waals surface area (Å²) in [5.74, 6) is 0.722. The van der Waals surface area contributed by atoms with Gasteiger partial charge in [-0.15, -0.1) is 11.3 Å². The molecule has 0 unspecified atom stereocenters. The molecule has 4 rings (SSSR count). The lowest BCUT2D eigenvalue weighted by Gasteiger charge is -2.33. The molecule has 0 aromatic carbocycles. The maximum atomic E-state index is 12.6. The van der Waals surface area contributed by atoms with E-state index in [-0.39, 0.29) is 5.91 Å². The summed E-state index contributed by atoms with van der Waals surface area (Å²) in [5.41, 5.74) is 2.67. The zero-order valence-electron chi connectivity index (χ0n) is 14.2. The number of nitrogens with one attached hydrogen (secondary N) is 2. The van der Waals surface area contributed by atoms with E-state index in [0.29, 0.717) is 17.7 Å². The van der Waals surface area contributed by atoms with E-state index in [1.165, 1.54) is 29.9 Å². The van der Waals surface area contributed by atoms with Gasteiger partial charge in [0.1, 0.15) is 11.3 Å². The summed E-state index contributed by atoms with van der Waals surface area (Å²) < 4.78 is 1.16. The third-order valence-electron chi connectivity index (χ3n) is 5.43. The molecular weight excluding hydrogens is 322 g/mol. The molecule has 2 N–H and O–H groups in total. The van der Waals surface area contributed by atoms with Crippen molar-refractivity contribution in [1.29, 1.82) is 0 Å². The van der Waals surface area contributed by atoms with E-state index in [9.17, 15) is 4.79 Å². The molecule has 1 aliphatic carbocycles. The topological polar surface area (TPSA) is 57.8 Å². The first kappa shape index (κ1) is 15.4. The average molecular weight is 348 g/mol. The highest BCUT2D eigenvalue weighted by Crippen LogP contribution is 2.44. The number of nitrogens with zero attached hydrogens (tertiary/aromatic N) is 1. The molecule has 0 atom stereocenters. The van der Waals surface area contributed by atoms with Crippen molar-refractivity contribution in [1.82, 2.24) is 15.3 Å². The molecule has 0 spiro atoms. The van der Waals surface area contributed by atoms with E-state index < -0.39 is 8.07 Å². The molecule has 1 amide bonds. The second kappa shape index (κ2) is 5.45. The van der Waals surface area contributed by atoms with Crippen LogP contribution in [0, 0.1) is 6.92 Å². The van der Waals surface area contributed by atoms with Crippen LogP contribution >= 0.6 is 11.3 Å². The van der Waals surface area contributed by atoms with Crippen molar-refractivity contribution in [2.45, 2.75) is 69.7 Å². The minimum absolute atomic E-state index is 0.0482. The summed E-state index contributed by atoms with van der Waals surface area (Å²) in [4.78, 5) is 20.6. The SMILES string of the molecule is Cc1c(C(=O)NC2CC[Si](C)(C)CC2)[nH]c2nc(C3CC3)sc12. The number of H-pyrrole nitrogens is 1. The summed E-state index contributed by atoms with van der Waals surface area (Å²) in [6, 6.07) is 2.99. The molecule has 124 valence electrons. The zero-order valence-corrected chi connectivity index (χ0v) is 16.0. The number of aryl methyl sites for hydroxylation is 1. The number of aromatic nitrogens is 2. The summed E-state index contributed by atoms with van der Waals surface area (Å²) in [6.07, 6.45) is 4.82. The van der Waals surface area contributed by atoms with Crippen LogP contribution in [-0.4, -0.2) is 30.0 Å². The van der Waals surface area contributed by atoms with Crippen LogP contribution in [-0.2, 0) is 0 Å². The molecule has 3 heterocycles. The second-order valence-electron chi connectivity index (χ2n) is 8.04. The van der Waals surface area contributed by atoms with Crippen LogP contribution in [0.1, 0.15) is 52.7 Å². The fraction of sp³-hybridized carbons (Fsp3) is 0.647. The zero-order chi connectivity index (χ0) is 16.2. The van der Waals surface area contributed by atoms with Crippen LogP contribution in [0.2, 0.25) is 25.2 Å². The lowest BCUT2D eigenvalue weighted by atomic mass is 10.1. The van der Waals surface area contributed by atoms with Gasteiger partial charge in [-0.1, -0.05) is 25.2 Å². The van der Waals surface area contributed by atoms with Gasteiger partial charge >= 0.3 is 0 Å². The first-order chi connectivity index (χ1) is 10.9. The van der Waals surface area contributed by atoms with Crippen molar-refractivity contribution in [3.63, 3.8) is 0 Å². The molecule has 4 nitrogen and oxygen atoms in total. The number of carbonyl (C=O) groups is 1. The van der Waals surface area contributed by atoms with Gasteiger partial charge in [0.25, 0.3) is 5.91 Å². The Kier molecular flexibility index (Phi) is 3.64.